The van der Waals surface area contributed by atoms with Crippen molar-refractivity contribution >= 4 is 23.1 Å². The number of hydrogen-bond acceptors (Lipinski definition) is 7. The molecule has 2 aromatic rings. The van der Waals surface area contributed by atoms with Crippen molar-refractivity contribution in [2.45, 2.75) is 71.8 Å². The van der Waals surface area contributed by atoms with E-state index < -0.39 is 50.9 Å². The van der Waals surface area contributed by atoms with E-state index in [0.29, 0.717) is 5.56 Å². The number of phenolic OH excluding ortho intramolecular Hbond substituents is 1. The van der Waals surface area contributed by atoms with Crippen LogP contribution in [0.1, 0.15) is 70.1 Å². The molecule has 0 aliphatic heterocycles. The van der Waals surface area contributed by atoms with Gasteiger partial charge in [-0.1, -0.05) is 57.5 Å². The van der Waals surface area contributed by atoms with E-state index in [9.17, 15) is 34.8 Å². The SMILES string of the molecule is CCCCc1ccc(-c2ccc(O)c3c2C[C@]2(C)C[C@]4(C)CC(=O)C(C(C)=O)=C(O)[C@]4(O)C(=O)C2=C3O)cc1. The second kappa shape index (κ2) is 8.91. The summed E-state index contributed by atoms with van der Waals surface area (Å²) in [5.74, 6) is -3.98. The first-order valence-electron chi connectivity index (χ1n) is 13.4. The topological polar surface area (TPSA) is 132 Å². The van der Waals surface area contributed by atoms with E-state index in [2.05, 4.69) is 19.1 Å². The minimum atomic E-state index is -2.57. The standard InChI is InChI=1S/C32H34O7/c1-5-6-7-18-8-10-19(11-9-18)20-12-13-22(34)25-21(20)14-30(3)16-31(4)15-23(35)24(17(2)33)28(37)32(31,39)29(38)26(30)27(25)36/h8-13,34,36-37,39H,5-7,14-16H2,1-4H3/t30-,31+,32+/m1/s1. The van der Waals surface area contributed by atoms with Crippen LogP contribution in [0.4, 0.5) is 0 Å². The fourth-order valence-corrected chi connectivity index (χ4v) is 7.15. The number of unbranched alkanes of at least 4 members (excludes halogenated alkanes) is 1. The summed E-state index contributed by atoms with van der Waals surface area (Å²) < 4.78 is 0. The lowest BCUT2D eigenvalue weighted by atomic mass is 9.47. The van der Waals surface area contributed by atoms with E-state index in [0.717, 1.165) is 37.3 Å². The van der Waals surface area contributed by atoms with Crippen LogP contribution in [-0.2, 0) is 27.2 Å². The largest absolute Gasteiger partial charge is 0.508 e. The predicted octanol–water partition coefficient (Wildman–Crippen LogP) is 5.32. The lowest BCUT2D eigenvalue weighted by Gasteiger charge is -2.56. The molecule has 3 aliphatic rings. The van der Waals surface area contributed by atoms with Crippen molar-refractivity contribution in [1.82, 2.24) is 0 Å². The van der Waals surface area contributed by atoms with Crippen LogP contribution in [0.15, 0.2) is 53.3 Å². The first-order chi connectivity index (χ1) is 18.3. The predicted molar refractivity (Wildman–Crippen MR) is 146 cm³/mol. The zero-order valence-corrected chi connectivity index (χ0v) is 22.7. The molecule has 4 N–H and O–H groups in total. The number of ketones is 3. The van der Waals surface area contributed by atoms with Gasteiger partial charge < -0.3 is 20.4 Å². The Hall–Kier alpha value is -3.71. The van der Waals surface area contributed by atoms with Gasteiger partial charge in [0.2, 0.25) is 5.78 Å². The van der Waals surface area contributed by atoms with Crippen LogP contribution in [0.25, 0.3) is 16.9 Å². The number of carbonyl (C=O) groups excluding carboxylic acids is 3. The minimum Gasteiger partial charge on any atom is -0.508 e. The highest BCUT2D eigenvalue weighted by Crippen LogP contribution is 2.63. The molecular weight excluding hydrogens is 496 g/mol. The number of fused-ring (bicyclic) bond motifs is 3. The molecule has 0 radical (unpaired) electrons. The molecule has 0 aromatic heterocycles. The zero-order chi connectivity index (χ0) is 28.5. The molecule has 0 heterocycles. The van der Waals surface area contributed by atoms with Crippen molar-refractivity contribution in [2.75, 3.05) is 0 Å². The van der Waals surface area contributed by atoms with E-state index in [1.165, 1.54) is 11.6 Å². The summed E-state index contributed by atoms with van der Waals surface area (Å²) in [5, 5.41) is 45.1. The molecule has 39 heavy (non-hydrogen) atoms. The summed E-state index contributed by atoms with van der Waals surface area (Å²) in [5.41, 5.74) is -2.03. The van der Waals surface area contributed by atoms with Crippen molar-refractivity contribution < 1.29 is 34.8 Å². The van der Waals surface area contributed by atoms with Gasteiger partial charge >= 0.3 is 0 Å². The number of allylic oxidation sites excluding steroid dienone is 1. The minimum absolute atomic E-state index is 0.0765. The molecule has 0 unspecified atom stereocenters. The molecule has 2 aromatic carbocycles. The number of benzene rings is 2. The molecule has 0 spiro atoms. The third-order valence-corrected chi connectivity index (χ3v) is 8.99. The van der Waals surface area contributed by atoms with Crippen molar-refractivity contribution in [1.29, 1.82) is 0 Å². The van der Waals surface area contributed by atoms with Gasteiger partial charge in [0.05, 0.1) is 5.56 Å². The van der Waals surface area contributed by atoms with E-state index in [-0.39, 0.29) is 36.1 Å². The molecule has 3 aliphatic carbocycles. The van der Waals surface area contributed by atoms with Crippen LogP contribution < -0.4 is 0 Å². The van der Waals surface area contributed by atoms with Crippen LogP contribution in [-0.4, -0.2) is 43.4 Å². The molecule has 1 fully saturated rings. The average molecular weight is 531 g/mol. The quantitative estimate of drug-likeness (QED) is 0.385. The Morgan fingerprint density at radius 3 is 2.26 bits per heavy atom. The fraction of sp³-hybridized carbons (Fsp3) is 0.406. The normalized spacial score (nSPS) is 28.2. The molecule has 1 saturated carbocycles. The molecule has 0 saturated heterocycles. The first kappa shape index (κ1) is 26.9. The molecule has 0 bridgehead atoms. The number of rotatable bonds is 5. The van der Waals surface area contributed by atoms with Gasteiger partial charge in [-0.05, 0) is 60.9 Å². The van der Waals surface area contributed by atoms with Crippen LogP contribution in [0.3, 0.4) is 0 Å². The summed E-state index contributed by atoms with van der Waals surface area (Å²) in [6, 6.07) is 11.4. The maximum Gasteiger partial charge on any atom is 0.203 e. The maximum absolute atomic E-state index is 14.1. The number of aliphatic hydroxyl groups excluding tert-OH is 2. The van der Waals surface area contributed by atoms with Gasteiger partial charge in [-0.3, -0.25) is 14.4 Å². The zero-order valence-electron chi connectivity index (χ0n) is 22.7. The van der Waals surface area contributed by atoms with Crippen molar-refractivity contribution in [2.24, 2.45) is 10.8 Å². The van der Waals surface area contributed by atoms with Crippen LogP contribution >= 0.6 is 0 Å². The molecule has 204 valence electrons. The van der Waals surface area contributed by atoms with Gasteiger partial charge in [0.25, 0.3) is 0 Å². The highest BCUT2D eigenvalue weighted by molar-refractivity contribution is 6.23. The van der Waals surface area contributed by atoms with E-state index >= 15 is 0 Å². The summed E-state index contributed by atoms with van der Waals surface area (Å²) in [6.45, 7) is 6.59. The van der Waals surface area contributed by atoms with E-state index in [1.54, 1.807) is 19.9 Å². The summed E-state index contributed by atoms with van der Waals surface area (Å²) >= 11 is 0. The van der Waals surface area contributed by atoms with Gasteiger partial charge in [0.1, 0.15) is 22.8 Å². The second-order valence-electron chi connectivity index (χ2n) is 11.9. The van der Waals surface area contributed by atoms with Crippen molar-refractivity contribution in [3.63, 3.8) is 0 Å². The molecule has 7 nitrogen and oxygen atoms in total. The van der Waals surface area contributed by atoms with Gasteiger partial charge in [0, 0.05) is 22.8 Å². The maximum atomic E-state index is 14.1. The molecule has 3 atom stereocenters. The Balaban J connectivity index is 1.70. The van der Waals surface area contributed by atoms with Crippen molar-refractivity contribution in [3.8, 4) is 16.9 Å². The Labute approximate surface area is 227 Å². The fourth-order valence-electron chi connectivity index (χ4n) is 7.15. The lowest BCUT2D eigenvalue weighted by Crippen LogP contribution is -2.65. The number of aromatic hydroxyl groups is 1. The Bertz CT molecular complexity index is 1500. The Morgan fingerprint density at radius 1 is 0.974 bits per heavy atom. The highest BCUT2D eigenvalue weighted by atomic mass is 16.3. The number of aryl methyl sites for hydroxylation is 1. The number of phenols is 1. The van der Waals surface area contributed by atoms with Crippen LogP contribution in [0, 0.1) is 10.8 Å². The van der Waals surface area contributed by atoms with E-state index in [4.69, 9.17) is 0 Å². The lowest BCUT2D eigenvalue weighted by molar-refractivity contribution is -0.164. The third kappa shape index (κ3) is 3.70. The number of Topliss-reactive ketones (excluding diaryl/α,β-unsaturated/α-hetero) is 3. The molecule has 7 heteroatoms. The van der Waals surface area contributed by atoms with Gasteiger partial charge in [-0.25, -0.2) is 0 Å². The third-order valence-electron chi connectivity index (χ3n) is 8.99. The van der Waals surface area contributed by atoms with E-state index in [1.807, 2.05) is 12.1 Å². The highest BCUT2D eigenvalue weighted by Gasteiger charge is 2.68. The number of carbonyl (C=O) groups is 3. The first-order valence-corrected chi connectivity index (χ1v) is 13.4. The van der Waals surface area contributed by atoms with Gasteiger partial charge in [0.15, 0.2) is 17.2 Å². The van der Waals surface area contributed by atoms with Gasteiger partial charge in [-0.15, -0.1) is 0 Å². The Kier molecular flexibility index (Phi) is 6.14. The smallest absolute Gasteiger partial charge is 0.203 e. The van der Waals surface area contributed by atoms with Crippen LogP contribution in [0.5, 0.6) is 5.75 Å². The summed E-state index contributed by atoms with van der Waals surface area (Å²) in [4.78, 5) is 39.1. The Morgan fingerprint density at radius 2 is 1.64 bits per heavy atom. The molecule has 5 rings (SSSR count). The van der Waals surface area contributed by atoms with Crippen LogP contribution in [0.2, 0.25) is 0 Å². The monoisotopic (exact) mass is 530 g/mol. The summed E-state index contributed by atoms with van der Waals surface area (Å²) in [7, 11) is 0. The summed E-state index contributed by atoms with van der Waals surface area (Å²) in [6.07, 6.45) is 3.18. The van der Waals surface area contributed by atoms with Crippen molar-refractivity contribution in [3.05, 3.63) is 70.0 Å². The number of hydrogen-bond donors (Lipinski definition) is 4. The molecule has 0 amide bonds. The average Bonchev–Trinajstić information content (AvgIpc) is 2.85. The number of aliphatic hydroxyl groups is 3. The van der Waals surface area contributed by atoms with Gasteiger partial charge in [-0.2, -0.15) is 0 Å². The second-order valence-corrected chi connectivity index (χ2v) is 11.9. The molecular formula is C32H34O7.